The van der Waals surface area contributed by atoms with Gasteiger partial charge in [0.15, 0.2) is 5.13 Å². The molecule has 3 N–H and O–H groups in total. The van der Waals surface area contributed by atoms with Crippen LogP contribution >= 0.6 is 11.3 Å². The van der Waals surface area contributed by atoms with Gasteiger partial charge in [-0.15, -0.1) is 0 Å². The highest BCUT2D eigenvalue weighted by atomic mass is 32.1. The van der Waals surface area contributed by atoms with Crippen molar-refractivity contribution in [1.82, 2.24) is 10.3 Å². The van der Waals surface area contributed by atoms with Gasteiger partial charge in [-0.2, -0.15) is 0 Å². The zero-order chi connectivity index (χ0) is 22.2. The maximum absolute atomic E-state index is 12.5. The van der Waals surface area contributed by atoms with Crippen LogP contribution in [-0.4, -0.2) is 37.7 Å². The number of aryl methyl sites for hydroxylation is 1. The van der Waals surface area contributed by atoms with Crippen LogP contribution in [0.4, 0.5) is 15.6 Å². The molecule has 3 aromatic rings. The molecule has 3 amide bonds. The standard InChI is InChI=1S/C22H24N4O4S/c1-14-19(20(27)23-12-11-15-7-6-8-16(13-15)29-2)31-22(24-14)26-21(28)25-17-9-4-5-10-18(17)30-3/h4-10,13H,11-12H2,1-3H3,(H,23,27)(H2,24,25,26,28). The average Bonchev–Trinajstić information content (AvgIpc) is 3.14. The van der Waals surface area contributed by atoms with Crippen LogP contribution in [0.2, 0.25) is 0 Å². The molecule has 2 aromatic carbocycles. The maximum atomic E-state index is 12.5. The fourth-order valence-corrected chi connectivity index (χ4v) is 3.77. The summed E-state index contributed by atoms with van der Waals surface area (Å²) >= 11 is 1.12. The molecule has 8 nitrogen and oxygen atoms in total. The molecular weight excluding hydrogens is 416 g/mol. The number of hydrogen-bond acceptors (Lipinski definition) is 6. The fraction of sp³-hybridized carbons (Fsp3) is 0.227. The van der Waals surface area contributed by atoms with E-state index in [9.17, 15) is 9.59 Å². The second-order valence-electron chi connectivity index (χ2n) is 6.57. The first-order valence-corrected chi connectivity index (χ1v) is 10.4. The van der Waals surface area contributed by atoms with Crippen LogP contribution in [0, 0.1) is 6.92 Å². The number of carbonyl (C=O) groups excluding carboxylic acids is 2. The molecule has 0 radical (unpaired) electrons. The second-order valence-corrected chi connectivity index (χ2v) is 7.57. The normalized spacial score (nSPS) is 10.3. The van der Waals surface area contributed by atoms with Gasteiger partial charge in [0.1, 0.15) is 16.4 Å². The number of para-hydroxylation sites is 2. The van der Waals surface area contributed by atoms with Crippen molar-refractivity contribution in [2.45, 2.75) is 13.3 Å². The Morgan fingerprint density at radius 1 is 1.03 bits per heavy atom. The molecule has 1 aromatic heterocycles. The third-order valence-electron chi connectivity index (χ3n) is 4.41. The molecule has 0 saturated carbocycles. The minimum absolute atomic E-state index is 0.226. The number of anilines is 2. The van der Waals surface area contributed by atoms with E-state index in [0.29, 0.717) is 40.1 Å². The van der Waals surface area contributed by atoms with Crippen molar-refractivity contribution >= 4 is 34.1 Å². The number of amides is 3. The molecule has 0 saturated heterocycles. The number of ether oxygens (including phenoxy) is 2. The third kappa shape index (κ3) is 5.95. The van der Waals surface area contributed by atoms with E-state index in [2.05, 4.69) is 20.9 Å². The lowest BCUT2D eigenvalue weighted by atomic mass is 10.1. The molecule has 162 valence electrons. The van der Waals surface area contributed by atoms with Crippen LogP contribution in [0.5, 0.6) is 11.5 Å². The molecule has 0 aliphatic heterocycles. The summed E-state index contributed by atoms with van der Waals surface area (Å²) in [5.74, 6) is 1.10. The Morgan fingerprint density at radius 3 is 2.61 bits per heavy atom. The smallest absolute Gasteiger partial charge is 0.325 e. The number of thiazole rings is 1. The Bertz CT molecular complexity index is 1070. The minimum Gasteiger partial charge on any atom is -0.497 e. The molecule has 1 heterocycles. The van der Waals surface area contributed by atoms with Crippen molar-refractivity contribution in [3.05, 3.63) is 64.7 Å². The van der Waals surface area contributed by atoms with Gasteiger partial charge in [0.25, 0.3) is 5.91 Å². The highest BCUT2D eigenvalue weighted by molar-refractivity contribution is 7.17. The molecule has 0 bridgehead atoms. The molecule has 0 atom stereocenters. The summed E-state index contributed by atoms with van der Waals surface area (Å²) in [4.78, 5) is 29.6. The van der Waals surface area contributed by atoms with E-state index in [1.165, 1.54) is 7.11 Å². The SMILES string of the molecule is COc1cccc(CCNC(=O)c2sc(NC(=O)Nc3ccccc3OC)nc2C)c1. The predicted octanol–water partition coefficient (Wildman–Crippen LogP) is 4.09. The van der Waals surface area contributed by atoms with Gasteiger partial charge in [0.05, 0.1) is 25.6 Å². The molecule has 31 heavy (non-hydrogen) atoms. The number of aromatic nitrogens is 1. The van der Waals surface area contributed by atoms with Crippen molar-refractivity contribution in [2.24, 2.45) is 0 Å². The molecule has 9 heteroatoms. The summed E-state index contributed by atoms with van der Waals surface area (Å²) in [6.07, 6.45) is 0.674. The van der Waals surface area contributed by atoms with Gasteiger partial charge in [-0.25, -0.2) is 9.78 Å². The van der Waals surface area contributed by atoms with Crippen LogP contribution in [0.15, 0.2) is 48.5 Å². The minimum atomic E-state index is -0.469. The summed E-state index contributed by atoms with van der Waals surface area (Å²) in [6, 6.07) is 14.3. The van der Waals surface area contributed by atoms with Gasteiger partial charge in [-0.05, 0) is 43.2 Å². The summed E-state index contributed by atoms with van der Waals surface area (Å²) < 4.78 is 10.4. The fourth-order valence-electron chi connectivity index (χ4n) is 2.89. The number of nitrogens with one attached hydrogen (secondary N) is 3. The molecule has 0 aliphatic carbocycles. The second kappa shape index (κ2) is 10.4. The van der Waals surface area contributed by atoms with Gasteiger partial charge in [-0.1, -0.05) is 35.6 Å². The monoisotopic (exact) mass is 440 g/mol. The van der Waals surface area contributed by atoms with Crippen LogP contribution in [0.1, 0.15) is 20.9 Å². The first-order chi connectivity index (χ1) is 15.0. The summed E-state index contributed by atoms with van der Waals surface area (Å²) in [7, 11) is 3.15. The molecular formula is C22H24N4O4S. The first kappa shape index (κ1) is 22.1. The predicted molar refractivity (Wildman–Crippen MR) is 122 cm³/mol. The van der Waals surface area contributed by atoms with Crippen molar-refractivity contribution in [2.75, 3.05) is 31.4 Å². The van der Waals surface area contributed by atoms with E-state index in [4.69, 9.17) is 9.47 Å². The highest BCUT2D eigenvalue weighted by Crippen LogP contribution is 2.25. The Hall–Kier alpha value is -3.59. The van der Waals surface area contributed by atoms with Gasteiger partial charge in [0.2, 0.25) is 0 Å². The van der Waals surface area contributed by atoms with Gasteiger partial charge in [0, 0.05) is 6.54 Å². The van der Waals surface area contributed by atoms with Crippen molar-refractivity contribution in [1.29, 1.82) is 0 Å². The van der Waals surface area contributed by atoms with E-state index in [1.54, 1.807) is 32.2 Å². The number of methoxy groups -OCH3 is 2. The van der Waals surface area contributed by atoms with Crippen LogP contribution in [0.3, 0.4) is 0 Å². The highest BCUT2D eigenvalue weighted by Gasteiger charge is 2.17. The van der Waals surface area contributed by atoms with Gasteiger partial charge in [-0.3, -0.25) is 10.1 Å². The van der Waals surface area contributed by atoms with Gasteiger partial charge >= 0.3 is 6.03 Å². The molecule has 3 rings (SSSR count). The summed E-state index contributed by atoms with van der Waals surface area (Å²) in [5, 5.41) is 8.60. The van der Waals surface area contributed by atoms with E-state index in [0.717, 1.165) is 22.6 Å². The van der Waals surface area contributed by atoms with Crippen molar-refractivity contribution < 1.29 is 19.1 Å². The number of rotatable bonds is 8. The Labute approximate surface area is 184 Å². The molecule has 0 fully saturated rings. The Kier molecular flexibility index (Phi) is 7.45. The lowest BCUT2D eigenvalue weighted by Crippen LogP contribution is -2.25. The Morgan fingerprint density at radius 2 is 1.84 bits per heavy atom. The van der Waals surface area contributed by atoms with Crippen LogP contribution in [-0.2, 0) is 6.42 Å². The van der Waals surface area contributed by atoms with Crippen LogP contribution < -0.4 is 25.4 Å². The van der Waals surface area contributed by atoms with Gasteiger partial charge < -0.3 is 20.1 Å². The number of nitrogens with zero attached hydrogens (tertiary/aromatic N) is 1. The lowest BCUT2D eigenvalue weighted by molar-refractivity contribution is 0.0957. The zero-order valence-corrected chi connectivity index (χ0v) is 18.3. The zero-order valence-electron chi connectivity index (χ0n) is 17.5. The van der Waals surface area contributed by atoms with Crippen molar-refractivity contribution in [3.63, 3.8) is 0 Å². The molecule has 0 aliphatic rings. The van der Waals surface area contributed by atoms with E-state index in [1.807, 2.05) is 30.3 Å². The third-order valence-corrected chi connectivity index (χ3v) is 5.48. The summed E-state index contributed by atoms with van der Waals surface area (Å²) in [6.45, 7) is 2.21. The molecule has 0 spiro atoms. The average molecular weight is 441 g/mol. The largest absolute Gasteiger partial charge is 0.497 e. The van der Waals surface area contributed by atoms with E-state index >= 15 is 0 Å². The number of benzene rings is 2. The quantitative estimate of drug-likeness (QED) is 0.490. The van der Waals surface area contributed by atoms with Crippen molar-refractivity contribution in [3.8, 4) is 11.5 Å². The lowest BCUT2D eigenvalue weighted by Gasteiger charge is -2.09. The Balaban J connectivity index is 1.55. The number of hydrogen-bond donors (Lipinski definition) is 3. The summed E-state index contributed by atoms with van der Waals surface area (Å²) in [5.41, 5.74) is 2.15. The number of urea groups is 1. The van der Waals surface area contributed by atoms with E-state index < -0.39 is 6.03 Å². The maximum Gasteiger partial charge on any atom is 0.325 e. The molecule has 0 unspecified atom stereocenters. The van der Waals surface area contributed by atoms with Crippen LogP contribution in [0.25, 0.3) is 0 Å². The number of carbonyl (C=O) groups is 2. The topological polar surface area (TPSA) is 102 Å². The first-order valence-electron chi connectivity index (χ1n) is 9.59. The van der Waals surface area contributed by atoms with E-state index in [-0.39, 0.29) is 5.91 Å².